The van der Waals surface area contributed by atoms with E-state index in [0.29, 0.717) is 12.1 Å². The third-order valence-electron chi connectivity index (χ3n) is 1.64. The number of alkyl halides is 1. The average Bonchev–Trinajstić information content (AvgIpc) is 2.11. The van der Waals surface area contributed by atoms with E-state index in [9.17, 15) is 4.79 Å². The molecule has 0 aliphatic carbocycles. The number of hydrogen-bond donors (Lipinski definition) is 1. The van der Waals surface area contributed by atoms with Crippen LogP contribution in [0.25, 0.3) is 0 Å². The van der Waals surface area contributed by atoms with Crippen molar-refractivity contribution in [3.63, 3.8) is 0 Å². The third-order valence-corrected chi connectivity index (χ3v) is 2.43. The molecule has 0 fully saturated rings. The number of benzene rings is 1. The highest BCUT2D eigenvalue weighted by Crippen LogP contribution is 2.19. The first kappa shape index (κ1) is 10.5. The van der Waals surface area contributed by atoms with E-state index < -0.39 is 0 Å². The summed E-state index contributed by atoms with van der Waals surface area (Å²) in [5.74, 6) is 0.0119. The molecule has 0 amide bonds. The molecule has 1 aromatic rings. The van der Waals surface area contributed by atoms with Gasteiger partial charge in [-0.2, -0.15) is 0 Å². The number of nitrogens with two attached hydrogens (primary N) is 1. The van der Waals surface area contributed by atoms with Gasteiger partial charge in [-0.3, -0.25) is 4.79 Å². The van der Waals surface area contributed by atoms with Crippen molar-refractivity contribution in [3.05, 3.63) is 28.2 Å². The summed E-state index contributed by atoms with van der Waals surface area (Å²) in [5.41, 5.74) is 7.12. The molecular weight excluding hydrogens is 253 g/mol. The average molecular weight is 263 g/mol. The van der Waals surface area contributed by atoms with Crippen molar-refractivity contribution in [3.8, 4) is 0 Å². The van der Waals surface area contributed by atoms with Gasteiger partial charge < -0.3 is 5.73 Å². The van der Waals surface area contributed by atoms with Crippen LogP contribution in [0.5, 0.6) is 0 Å². The number of rotatable bonds is 3. The largest absolute Gasteiger partial charge is 0.398 e. The summed E-state index contributed by atoms with van der Waals surface area (Å²) in [6.07, 6.45) is 0.300. The molecule has 1 rings (SSSR count). The van der Waals surface area contributed by atoms with Gasteiger partial charge >= 0.3 is 0 Å². The lowest BCUT2D eigenvalue weighted by Gasteiger charge is -2.03. The van der Waals surface area contributed by atoms with Crippen molar-refractivity contribution in [1.82, 2.24) is 0 Å². The maximum absolute atomic E-state index is 11.0. The number of hydrogen-bond acceptors (Lipinski definition) is 2. The van der Waals surface area contributed by atoms with E-state index in [4.69, 9.17) is 17.3 Å². The Labute approximate surface area is 90.2 Å². The monoisotopic (exact) mass is 261 g/mol. The van der Waals surface area contributed by atoms with E-state index in [0.717, 1.165) is 10.0 Å². The topological polar surface area (TPSA) is 43.1 Å². The van der Waals surface area contributed by atoms with Gasteiger partial charge in [0.1, 0.15) is 0 Å². The number of ketones is 1. The van der Waals surface area contributed by atoms with E-state index >= 15 is 0 Å². The first-order chi connectivity index (χ1) is 6.13. The Hall–Kier alpha value is -0.540. The van der Waals surface area contributed by atoms with E-state index in [-0.39, 0.29) is 11.7 Å². The summed E-state index contributed by atoms with van der Waals surface area (Å²) in [6.45, 7) is 0. The SMILES string of the molecule is Nc1ccc(Br)cc1CC(=O)CCl. The zero-order valence-corrected chi connectivity index (χ0v) is 9.23. The first-order valence-corrected chi connectivity index (χ1v) is 5.08. The molecule has 0 aliphatic heterocycles. The number of carbonyl (C=O) groups excluding carboxylic acids is 1. The van der Waals surface area contributed by atoms with Crippen molar-refractivity contribution < 1.29 is 4.79 Å². The van der Waals surface area contributed by atoms with Gasteiger partial charge in [0.2, 0.25) is 0 Å². The molecule has 13 heavy (non-hydrogen) atoms. The van der Waals surface area contributed by atoms with Crippen LogP contribution in [0.15, 0.2) is 22.7 Å². The predicted molar refractivity (Wildman–Crippen MR) is 58.0 cm³/mol. The summed E-state index contributed by atoms with van der Waals surface area (Å²) >= 11 is 8.70. The molecule has 0 atom stereocenters. The maximum Gasteiger partial charge on any atom is 0.152 e. The van der Waals surface area contributed by atoms with Crippen LogP contribution in [0.2, 0.25) is 0 Å². The number of halogens is 2. The van der Waals surface area contributed by atoms with Crippen LogP contribution in [0.1, 0.15) is 5.56 Å². The number of Topliss-reactive ketones (excluding diaryl/α,β-unsaturated/α-hetero) is 1. The highest BCUT2D eigenvalue weighted by Gasteiger charge is 2.05. The fourth-order valence-corrected chi connectivity index (χ4v) is 1.49. The predicted octanol–water partition coefficient (Wildman–Crippen LogP) is 2.38. The van der Waals surface area contributed by atoms with E-state index in [1.54, 1.807) is 6.07 Å². The van der Waals surface area contributed by atoms with E-state index in [1.165, 1.54) is 0 Å². The van der Waals surface area contributed by atoms with Gasteiger partial charge in [0, 0.05) is 16.6 Å². The maximum atomic E-state index is 11.0. The fraction of sp³-hybridized carbons (Fsp3) is 0.222. The lowest BCUT2D eigenvalue weighted by molar-refractivity contribution is -0.116. The van der Waals surface area contributed by atoms with Crippen LogP contribution in [-0.2, 0) is 11.2 Å². The van der Waals surface area contributed by atoms with Gasteiger partial charge in [0.05, 0.1) is 5.88 Å². The molecule has 0 aromatic heterocycles. The molecule has 0 heterocycles. The Morgan fingerprint density at radius 3 is 2.85 bits per heavy atom. The minimum atomic E-state index is -0.0218. The minimum Gasteiger partial charge on any atom is -0.398 e. The lowest BCUT2D eigenvalue weighted by Crippen LogP contribution is -2.06. The van der Waals surface area contributed by atoms with Gasteiger partial charge in [-0.05, 0) is 23.8 Å². The van der Waals surface area contributed by atoms with E-state index in [2.05, 4.69) is 15.9 Å². The van der Waals surface area contributed by atoms with Gasteiger partial charge in [-0.1, -0.05) is 15.9 Å². The van der Waals surface area contributed by atoms with Crippen LogP contribution in [0, 0.1) is 0 Å². The fourth-order valence-electron chi connectivity index (χ4n) is 0.987. The van der Waals surface area contributed by atoms with Crippen molar-refractivity contribution in [1.29, 1.82) is 0 Å². The quantitative estimate of drug-likeness (QED) is 0.671. The molecular formula is C9H9BrClNO. The normalized spacial score (nSPS) is 10.0. The van der Waals surface area contributed by atoms with E-state index in [1.807, 2.05) is 12.1 Å². The molecule has 2 nitrogen and oxygen atoms in total. The zero-order valence-electron chi connectivity index (χ0n) is 6.89. The molecule has 0 bridgehead atoms. The molecule has 0 unspecified atom stereocenters. The minimum absolute atomic E-state index is 0.0218. The number of carbonyl (C=O) groups is 1. The summed E-state index contributed by atoms with van der Waals surface area (Å²) in [5, 5.41) is 0. The standard InChI is InChI=1S/C9H9BrClNO/c10-7-1-2-9(12)6(3-7)4-8(13)5-11/h1-3H,4-5,12H2. The van der Waals surface area contributed by atoms with Crippen LogP contribution in [-0.4, -0.2) is 11.7 Å². The summed E-state index contributed by atoms with van der Waals surface area (Å²) in [7, 11) is 0. The molecule has 70 valence electrons. The Morgan fingerprint density at radius 2 is 2.23 bits per heavy atom. The molecule has 2 N–H and O–H groups in total. The number of anilines is 1. The molecule has 0 aliphatic rings. The Kier molecular flexibility index (Phi) is 3.75. The van der Waals surface area contributed by atoms with Crippen molar-refractivity contribution in [2.45, 2.75) is 6.42 Å². The number of nitrogen functional groups attached to an aromatic ring is 1. The van der Waals surface area contributed by atoms with Crippen LogP contribution < -0.4 is 5.73 Å². The second kappa shape index (κ2) is 4.63. The van der Waals surface area contributed by atoms with Crippen LogP contribution in [0.4, 0.5) is 5.69 Å². The smallest absolute Gasteiger partial charge is 0.152 e. The second-order valence-electron chi connectivity index (χ2n) is 2.69. The summed E-state index contributed by atoms with van der Waals surface area (Å²) in [6, 6.07) is 5.44. The molecule has 0 spiro atoms. The van der Waals surface area contributed by atoms with Crippen molar-refractivity contribution >= 4 is 39.0 Å². The van der Waals surface area contributed by atoms with Crippen LogP contribution >= 0.6 is 27.5 Å². The Bertz CT molecular complexity index is 327. The van der Waals surface area contributed by atoms with Gasteiger partial charge in [0.25, 0.3) is 0 Å². The van der Waals surface area contributed by atoms with Crippen molar-refractivity contribution in [2.75, 3.05) is 11.6 Å². The van der Waals surface area contributed by atoms with Gasteiger partial charge in [-0.15, -0.1) is 11.6 Å². The Morgan fingerprint density at radius 1 is 1.54 bits per heavy atom. The summed E-state index contributed by atoms with van der Waals surface area (Å²) in [4.78, 5) is 11.0. The lowest BCUT2D eigenvalue weighted by atomic mass is 10.1. The second-order valence-corrected chi connectivity index (χ2v) is 3.88. The molecule has 0 saturated carbocycles. The summed E-state index contributed by atoms with van der Waals surface area (Å²) < 4.78 is 0.916. The van der Waals surface area contributed by atoms with Gasteiger partial charge in [-0.25, -0.2) is 0 Å². The molecule has 0 radical (unpaired) electrons. The van der Waals surface area contributed by atoms with Gasteiger partial charge in [0.15, 0.2) is 5.78 Å². The highest BCUT2D eigenvalue weighted by atomic mass is 79.9. The zero-order chi connectivity index (χ0) is 9.84. The van der Waals surface area contributed by atoms with Crippen LogP contribution in [0.3, 0.4) is 0 Å². The van der Waals surface area contributed by atoms with Crippen molar-refractivity contribution in [2.24, 2.45) is 0 Å². The molecule has 0 saturated heterocycles. The molecule has 1 aromatic carbocycles. The highest BCUT2D eigenvalue weighted by molar-refractivity contribution is 9.10. The first-order valence-electron chi connectivity index (χ1n) is 3.75. The molecule has 4 heteroatoms. The Balaban J connectivity index is 2.87. The third kappa shape index (κ3) is 3.01.